The zero-order chi connectivity index (χ0) is 20.3. The molecule has 1 saturated carbocycles. The number of thioether (sulfide) groups is 1. The van der Waals surface area contributed by atoms with Crippen LogP contribution in [0.1, 0.15) is 37.7 Å². The molecule has 3 aliphatic heterocycles. The highest BCUT2D eigenvalue weighted by Crippen LogP contribution is 2.54. The number of anilines is 1. The summed E-state index contributed by atoms with van der Waals surface area (Å²) in [6, 6.07) is 5.01. The van der Waals surface area contributed by atoms with Crippen molar-refractivity contribution in [2.24, 2.45) is 11.8 Å². The van der Waals surface area contributed by atoms with Gasteiger partial charge in [-0.1, -0.05) is 24.4 Å². The molecule has 1 aromatic carbocycles. The molecule has 0 unspecified atom stereocenters. The van der Waals surface area contributed by atoms with Crippen molar-refractivity contribution < 1.29 is 14.4 Å². The number of nitrogens with one attached hydrogen (secondary N) is 2. The van der Waals surface area contributed by atoms with Gasteiger partial charge in [0.1, 0.15) is 5.54 Å². The van der Waals surface area contributed by atoms with Crippen LogP contribution in [0.3, 0.4) is 0 Å². The first-order valence-corrected chi connectivity index (χ1v) is 12.0. The van der Waals surface area contributed by atoms with E-state index in [0.29, 0.717) is 16.3 Å². The topological polar surface area (TPSA) is 78.5 Å². The molecule has 8 heteroatoms. The third kappa shape index (κ3) is 2.63. The number of fused-ring (bicyclic) bond motifs is 4. The second-order valence-electron chi connectivity index (χ2n) is 8.47. The monoisotopic (exact) mass is 433 g/mol. The first-order chi connectivity index (χ1) is 14.0. The van der Waals surface area contributed by atoms with Crippen LogP contribution in [0.2, 0.25) is 5.02 Å². The normalized spacial score (nSPS) is 33.7. The highest BCUT2D eigenvalue weighted by molar-refractivity contribution is 7.98. The summed E-state index contributed by atoms with van der Waals surface area (Å²) in [6.45, 7) is 0. The van der Waals surface area contributed by atoms with E-state index in [1.54, 1.807) is 30.0 Å². The first-order valence-electron chi connectivity index (χ1n) is 10.2. The molecule has 5 rings (SSSR count). The molecule has 0 aromatic heterocycles. The summed E-state index contributed by atoms with van der Waals surface area (Å²) in [5.74, 6) is -0.940. The van der Waals surface area contributed by atoms with Gasteiger partial charge in [0.2, 0.25) is 17.7 Å². The number of benzene rings is 1. The Balaban J connectivity index is 1.63. The van der Waals surface area contributed by atoms with Gasteiger partial charge in [-0.25, -0.2) is 0 Å². The van der Waals surface area contributed by atoms with E-state index in [1.165, 1.54) is 4.90 Å². The van der Waals surface area contributed by atoms with Gasteiger partial charge in [0.05, 0.1) is 11.8 Å². The minimum Gasteiger partial charge on any atom is -0.324 e. The Morgan fingerprint density at radius 1 is 1.21 bits per heavy atom. The standard InChI is InChI=1S/C21H24ClN3O3S/c1-29-9-8-15-16-17(19(27)25(18(16)26)12-4-2-3-5-12)21(24-15)13-10-11(22)6-7-14(13)23-20(21)28/h6-7,10,12,15-17,24H,2-5,8-9H2,1H3,(H,23,28)/t15-,16-,17+,21+/m1/s1. The number of carbonyl (C=O) groups excluding carboxylic acids is 3. The van der Waals surface area contributed by atoms with E-state index in [1.807, 2.05) is 6.26 Å². The molecule has 2 saturated heterocycles. The lowest BCUT2D eigenvalue weighted by atomic mass is 9.76. The number of imide groups is 1. The SMILES string of the molecule is CSCC[C@H]1N[C@]2(C(=O)Nc3ccc(Cl)cc32)[C@@H]2C(=O)N(C3CCCC3)C(=O)[C@@H]21. The molecule has 4 atom stereocenters. The van der Waals surface area contributed by atoms with E-state index < -0.39 is 17.4 Å². The van der Waals surface area contributed by atoms with E-state index in [2.05, 4.69) is 10.6 Å². The highest BCUT2D eigenvalue weighted by Gasteiger charge is 2.70. The molecular formula is C21H24ClN3O3S. The zero-order valence-electron chi connectivity index (χ0n) is 16.2. The van der Waals surface area contributed by atoms with Gasteiger partial charge in [0, 0.05) is 28.4 Å². The summed E-state index contributed by atoms with van der Waals surface area (Å²) in [5.41, 5.74) is 0.121. The molecule has 6 nitrogen and oxygen atoms in total. The molecule has 3 heterocycles. The smallest absolute Gasteiger partial charge is 0.250 e. The number of likely N-dealkylation sites (tertiary alicyclic amines) is 1. The summed E-state index contributed by atoms with van der Waals surface area (Å²) < 4.78 is 0. The maximum atomic E-state index is 13.7. The van der Waals surface area contributed by atoms with Crippen molar-refractivity contribution in [3.8, 4) is 0 Å². The Bertz CT molecular complexity index is 903. The Morgan fingerprint density at radius 2 is 1.97 bits per heavy atom. The van der Waals surface area contributed by atoms with Gasteiger partial charge >= 0.3 is 0 Å². The van der Waals surface area contributed by atoms with Crippen LogP contribution in [0.15, 0.2) is 18.2 Å². The Kier molecular flexibility index (Phi) is 4.68. The van der Waals surface area contributed by atoms with E-state index in [9.17, 15) is 14.4 Å². The molecule has 0 radical (unpaired) electrons. The number of halogens is 1. The third-order valence-electron chi connectivity index (χ3n) is 7.03. The zero-order valence-corrected chi connectivity index (χ0v) is 17.8. The van der Waals surface area contributed by atoms with E-state index in [4.69, 9.17) is 11.6 Å². The second-order valence-corrected chi connectivity index (χ2v) is 9.89. The quantitative estimate of drug-likeness (QED) is 0.714. The van der Waals surface area contributed by atoms with Gasteiger partial charge in [-0.05, 0) is 49.5 Å². The minimum absolute atomic E-state index is 0.0258. The van der Waals surface area contributed by atoms with E-state index in [-0.39, 0.29) is 29.8 Å². The molecular weight excluding hydrogens is 410 g/mol. The number of hydrogen-bond acceptors (Lipinski definition) is 5. The number of nitrogens with zero attached hydrogens (tertiary/aromatic N) is 1. The number of amides is 3. The summed E-state index contributed by atoms with van der Waals surface area (Å²) in [6.07, 6.45) is 6.55. The fourth-order valence-corrected chi connectivity index (χ4v) is 6.47. The maximum absolute atomic E-state index is 13.7. The molecule has 154 valence electrons. The molecule has 3 amide bonds. The van der Waals surface area contributed by atoms with Crippen LogP contribution in [0.5, 0.6) is 0 Å². The average Bonchev–Trinajstić information content (AvgIpc) is 3.43. The van der Waals surface area contributed by atoms with Gasteiger partial charge in [-0.3, -0.25) is 24.6 Å². The Hall–Kier alpha value is -1.57. The highest BCUT2D eigenvalue weighted by atomic mass is 35.5. The van der Waals surface area contributed by atoms with Crippen LogP contribution < -0.4 is 10.6 Å². The van der Waals surface area contributed by atoms with Crippen molar-refractivity contribution in [2.45, 2.75) is 49.7 Å². The van der Waals surface area contributed by atoms with Crippen molar-refractivity contribution in [2.75, 3.05) is 17.3 Å². The van der Waals surface area contributed by atoms with Crippen molar-refractivity contribution in [1.29, 1.82) is 0 Å². The van der Waals surface area contributed by atoms with Crippen LogP contribution in [0.4, 0.5) is 5.69 Å². The van der Waals surface area contributed by atoms with Gasteiger partial charge in [-0.15, -0.1) is 0 Å². The van der Waals surface area contributed by atoms with Gasteiger partial charge in [0.25, 0.3) is 0 Å². The molecule has 2 N–H and O–H groups in total. The molecule has 4 aliphatic rings. The third-order valence-corrected chi connectivity index (χ3v) is 7.91. The summed E-state index contributed by atoms with van der Waals surface area (Å²) in [7, 11) is 0. The largest absolute Gasteiger partial charge is 0.324 e. The maximum Gasteiger partial charge on any atom is 0.250 e. The van der Waals surface area contributed by atoms with Crippen LogP contribution in [-0.2, 0) is 19.9 Å². The second kappa shape index (κ2) is 7.00. The van der Waals surface area contributed by atoms with Crippen LogP contribution in [-0.4, -0.2) is 46.7 Å². The molecule has 1 spiro atoms. The van der Waals surface area contributed by atoms with Crippen molar-refractivity contribution in [1.82, 2.24) is 10.2 Å². The lowest BCUT2D eigenvalue weighted by Crippen LogP contribution is -2.54. The lowest BCUT2D eigenvalue weighted by Gasteiger charge is -2.31. The predicted molar refractivity (Wildman–Crippen MR) is 113 cm³/mol. The van der Waals surface area contributed by atoms with E-state index >= 15 is 0 Å². The summed E-state index contributed by atoms with van der Waals surface area (Å²) >= 11 is 7.96. The van der Waals surface area contributed by atoms with Crippen LogP contribution in [0, 0.1) is 11.8 Å². The molecule has 3 fully saturated rings. The Morgan fingerprint density at radius 3 is 2.69 bits per heavy atom. The molecule has 1 aliphatic carbocycles. The van der Waals surface area contributed by atoms with Crippen molar-refractivity contribution in [3.05, 3.63) is 28.8 Å². The summed E-state index contributed by atoms with van der Waals surface area (Å²) in [4.78, 5) is 41.9. The molecule has 0 bridgehead atoms. The number of carbonyl (C=O) groups is 3. The van der Waals surface area contributed by atoms with Gasteiger partial charge in [-0.2, -0.15) is 11.8 Å². The lowest BCUT2D eigenvalue weighted by molar-refractivity contribution is -0.145. The van der Waals surface area contributed by atoms with Crippen molar-refractivity contribution >= 4 is 46.8 Å². The average molecular weight is 434 g/mol. The summed E-state index contributed by atoms with van der Waals surface area (Å²) in [5, 5.41) is 6.88. The predicted octanol–water partition coefficient (Wildman–Crippen LogP) is 2.76. The van der Waals surface area contributed by atoms with Crippen molar-refractivity contribution in [3.63, 3.8) is 0 Å². The minimum atomic E-state index is -1.23. The Labute approximate surface area is 179 Å². The molecule has 1 aromatic rings. The number of hydrogen-bond donors (Lipinski definition) is 2. The fraction of sp³-hybridized carbons (Fsp3) is 0.571. The van der Waals surface area contributed by atoms with Gasteiger partial charge in [0.15, 0.2) is 0 Å². The van der Waals surface area contributed by atoms with Crippen LogP contribution in [0.25, 0.3) is 0 Å². The van der Waals surface area contributed by atoms with Gasteiger partial charge < -0.3 is 5.32 Å². The molecule has 29 heavy (non-hydrogen) atoms. The van der Waals surface area contributed by atoms with E-state index in [0.717, 1.165) is 37.9 Å². The number of rotatable bonds is 4. The first kappa shape index (κ1) is 19.4. The fourth-order valence-electron chi connectivity index (χ4n) is 5.81. The van der Waals surface area contributed by atoms with Crippen LogP contribution >= 0.6 is 23.4 Å².